The summed E-state index contributed by atoms with van der Waals surface area (Å²) in [7, 11) is 3.10. The molecule has 6 nitrogen and oxygen atoms in total. The van der Waals surface area contributed by atoms with Crippen LogP contribution in [0.1, 0.15) is 13.3 Å². The summed E-state index contributed by atoms with van der Waals surface area (Å²) in [5.41, 5.74) is 0.527. The first-order chi connectivity index (χ1) is 12.2. The van der Waals surface area contributed by atoms with Crippen LogP contribution in [0.3, 0.4) is 0 Å². The van der Waals surface area contributed by atoms with E-state index in [1.54, 1.807) is 37.4 Å². The Balaban J connectivity index is 1.90. The molecule has 6 heteroatoms. The summed E-state index contributed by atoms with van der Waals surface area (Å²) in [4.78, 5) is 12.1. The molecule has 0 unspecified atom stereocenters. The average molecular weight is 345 g/mol. The van der Waals surface area contributed by atoms with Crippen molar-refractivity contribution in [2.24, 2.45) is 0 Å². The molecule has 0 aliphatic carbocycles. The lowest BCUT2D eigenvalue weighted by Crippen LogP contribution is -2.20. The van der Waals surface area contributed by atoms with Crippen molar-refractivity contribution < 1.29 is 23.7 Å². The van der Waals surface area contributed by atoms with E-state index in [-0.39, 0.29) is 12.5 Å². The zero-order valence-corrected chi connectivity index (χ0v) is 14.7. The minimum absolute atomic E-state index is 0.116. The number of anilines is 1. The molecule has 0 bridgehead atoms. The minimum atomic E-state index is -0.294. The SMILES string of the molecule is CCCOc1ccc(OCC(=O)Nc2cc(OC)ccc2OC)cc1. The lowest BCUT2D eigenvalue weighted by molar-refractivity contribution is -0.118. The molecule has 1 N–H and O–H groups in total. The molecule has 134 valence electrons. The Morgan fingerprint density at radius 2 is 1.56 bits per heavy atom. The molecule has 0 heterocycles. The van der Waals surface area contributed by atoms with E-state index in [9.17, 15) is 4.79 Å². The van der Waals surface area contributed by atoms with Crippen molar-refractivity contribution in [3.8, 4) is 23.0 Å². The lowest BCUT2D eigenvalue weighted by Gasteiger charge is -2.12. The number of hydrogen-bond donors (Lipinski definition) is 1. The summed E-state index contributed by atoms with van der Waals surface area (Å²) in [6, 6.07) is 12.3. The number of hydrogen-bond acceptors (Lipinski definition) is 5. The van der Waals surface area contributed by atoms with Crippen LogP contribution in [-0.2, 0) is 4.79 Å². The van der Waals surface area contributed by atoms with Gasteiger partial charge in [0, 0.05) is 6.07 Å². The molecule has 0 fully saturated rings. The van der Waals surface area contributed by atoms with Crippen molar-refractivity contribution in [1.29, 1.82) is 0 Å². The highest BCUT2D eigenvalue weighted by Gasteiger charge is 2.10. The Morgan fingerprint density at radius 1 is 0.920 bits per heavy atom. The van der Waals surface area contributed by atoms with Crippen molar-refractivity contribution in [2.45, 2.75) is 13.3 Å². The van der Waals surface area contributed by atoms with E-state index < -0.39 is 0 Å². The molecular formula is C19H23NO5. The minimum Gasteiger partial charge on any atom is -0.497 e. The highest BCUT2D eigenvalue weighted by Crippen LogP contribution is 2.28. The van der Waals surface area contributed by atoms with Crippen molar-refractivity contribution >= 4 is 11.6 Å². The van der Waals surface area contributed by atoms with E-state index in [4.69, 9.17) is 18.9 Å². The molecule has 0 aromatic heterocycles. The van der Waals surface area contributed by atoms with E-state index in [0.717, 1.165) is 12.2 Å². The number of ether oxygens (including phenoxy) is 4. The molecule has 2 rings (SSSR count). The maximum absolute atomic E-state index is 12.1. The number of methoxy groups -OCH3 is 2. The monoisotopic (exact) mass is 345 g/mol. The van der Waals surface area contributed by atoms with Gasteiger partial charge in [-0.3, -0.25) is 4.79 Å². The number of nitrogens with one attached hydrogen (secondary N) is 1. The second-order valence-corrected chi connectivity index (χ2v) is 5.22. The van der Waals surface area contributed by atoms with Crippen LogP contribution < -0.4 is 24.3 Å². The number of carbonyl (C=O) groups is 1. The summed E-state index contributed by atoms with van der Waals surface area (Å²) in [6.07, 6.45) is 0.951. The van der Waals surface area contributed by atoms with Gasteiger partial charge in [0.25, 0.3) is 5.91 Å². The van der Waals surface area contributed by atoms with Crippen LogP contribution in [0, 0.1) is 0 Å². The number of carbonyl (C=O) groups excluding carboxylic acids is 1. The fourth-order valence-corrected chi connectivity index (χ4v) is 2.10. The first kappa shape index (κ1) is 18.4. The molecule has 0 spiro atoms. The summed E-state index contributed by atoms with van der Waals surface area (Å²) in [5.74, 6) is 2.25. The molecule has 0 saturated carbocycles. The fraction of sp³-hybridized carbons (Fsp3) is 0.316. The molecule has 0 aliphatic heterocycles. The third kappa shape index (κ3) is 5.60. The fourth-order valence-electron chi connectivity index (χ4n) is 2.10. The van der Waals surface area contributed by atoms with Gasteiger partial charge in [0.2, 0.25) is 0 Å². The van der Waals surface area contributed by atoms with E-state index in [2.05, 4.69) is 5.32 Å². The number of benzene rings is 2. The van der Waals surface area contributed by atoms with Crippen LogP contribution in [0.25, 0.3) is 0 Å². The van der Waals surface area contributed by atoms with Gasteiger partial charge in [-0.25, -0.2) is 0 Å². The highest BCUT2D eigenvalue weighted by molar-refractivity contribution is 5.93. The predicted molar refractivity (Wildman–Crippen MR) is 95.9 cm³/mol. The van der Waals surface area contributed by atoms with Gasteiger partial charge in [0.1, 0.15) is 23.0 Å². The topological polar surface area (TPSA) is 66.0 Å². The molecule has 0 saturated heterocycles. The third-order valence-electron chi connectivity index (χ3n) is 3.35. The van der Waals surface area contributed by atoms with Crippen LogP contribution in [-0.4, -0.2) is 33.3 Å². The maximum Gasteiger partial charge on any atom is 0.262 e. The van der Waals surface area contributed by atoms with Crippen molar-refractivity contribution in [2.75, 3.05) is 32.8 Å². The van der Waals surface area contributed by atoms with Crippen molar-refractivity contribution in [1.82, 2.24) is 0 Å². The van der Waals surface area contributed by atoms with E-state index in [0.29, 0.717) is 29.5 Å². The summed E-state index contributed by atoms with van der Waals surface area (Å²) < 4.78 is 21.4. The molecular weight excluding hydrogens is 322 g/mol. The standard InChI is InChI=1S/C19H23NO5/c1-4-11-24-14-5-7-15(8-6-14)25-13-19(21)20-17-12-16(22-2)9-10-18(17)23-3/h5-10,12H,4,11,13H2,1-3H3,(H,20,21). The van der Waals surface area contributed by atoms with Gasteiger partial charge in [-0.1, -0.05) is 6.92 Å². The molecule has 0 radical (unpaired) electrons. The van der Waals surface area contributed by atoms with Gasteiger partial charge < -0.3 is 24.3 Å². The Bertz CT molecular complexity index is 685. The number of rotatable bonds is 9. The molecule has 0 atom stereocenters. The zero-order valence-electron chi connectivity index (χ0n) is 14.7. The van der Waals surface area contributed by atoms with Gasteiger partial charge in [-0.15, -0.1) is 0 Å². The molecule has 0 aliphatic rings. The molecule has 2 aromatic carbocycles. The molecule has 25 heavy (non-hydrogen) atoms. The van der Waals surface area contributed by atoms with E-state index in [1.807, 2.05) is 19.1 Å². The van der Waals surface area contributed by atoms with Crippen LogP contribution in [0.5, 0.6) is 23.0 Å². The Hall–Kier alpha value is -2.89. The van der Waals surface area contributed by atoms with Gasteiger partial charge in [-0.05, 0) is 42.8 Å². The van der Waals surface area contributed by atoms with Crippen LogP contribution in [0.2, 0.25) is 0 Å². The summed E-state index contributed by atoms with van der Waals surface area (Å²) in [6.45, 7) is 2.61. The smallest absolute Gasteiger partial charge is 0.262 e. The summed E-state index contributed by atoms with van der Waals surface area (Å²) >= 11 is 0. The van der Waals surface area contributed by atoms with Gasteiger partial charge in [0.15, 0.2) is 6.61 Å². The zero-order chi connectivity index (χ0) is 18.1. The quantitative estimate of drug-likeness (QED) is 0.753. The van der Waals surface area contributed by atoms with Gasteiger partial charge in [0.05, 0.1) is 26.5 Å². The summed E-state index contributed by atoms with van der Waals surface area (Å²) in [5, 5.41) is 2.75. The second kappa shape index (κ2) is 9.42. The molecule has 2 aromatic rings. The largest absolute Gasteiger partial charge is 0.497 e. The molecule has 1 amide bonds. The van der Waals surface area contributed by atoms with Crippen molar-refractivity contribution in [3.63, 3.8) is 0 Å². The maximum atomic E-state index is 12.1. The Morgan fingerprint density at radius 3 is 2.16 bits per heavy atom. The average Bonchev–Trinajstić information content (AvgIpc) is 2.65. The second-order valence-electron chi connectivity index (χ2n) is 5.22. The van der Waals surface area contributed by atoms with E-state index >= 15 is 0 Å². The van der Waals surface area contributed by atoms with Crippen LogP contribution in [0.4, 0.5) is 5.69 Å². The third-order valence-corrected chi connectivity index (χ3v) is 3.35. The lowest BCUT2D eigenvalue weighted by atomic mass is 10.2. The van der Waals surface area contributed by atoms with E-state index in [1.165, 1.54) is 7.11 Å². The first-order valence-electron chi connectivity index (χ1n) is 8.03. The predicted octanol–water partition coefficient (Wildman–Crippen LogP) is 3.51. The van der Waals surface area contributed by atoms with Crippen LogP contribution >= 0.6 is 0 Å². The highest BCUT2D eigenvalue weighted by atomic mass is 16.5. The van der Waals surface area contributed by atoms with Crippen LogP contribution in [0.15, 0.2) is 42.5 Å². The van der Waals surface area contributed by atoms with Gasteiger partial charge >= 0.3 is 0 Å². The Kier molecular flexibility index (Phi) is 6.95. The normalized spacial score (nSPS) is 10.0. The Labute approximate surface area is 147 Å². The first-order valence-corrected chi connectivity index (χ1v) is 8.03. The van der Waals surface area contributed by atoms with Gasteiger partial charge in [-0.2, -0.15) is 0 Å². The number of amides is 1. The van der Waals surface area contributed by atoms with Crippen molar-refractivity contribution in [3.05, 3.63) is 42.5 Å².